The molecule has 1 atom stereocenters. The molecule has 0 spiro atoms. The lowest BCUT2D eigenvalue weighted by molar-refractivity contribution is 0.0911. The van der Waals surface area contributed by atoms with Gasteiger partial charge in [-0.3, -0.25) is 0 Å². The van der Waals surface area contributed by atoms with Crippen LogP contribution < -0.4 is 4.74 Å². The Hall–Kier alpha value is -2.60. The summed E-state index contributed by atoms with van der Waals surface area (Å²) in [6, 6.07) is 5.26. The Labute approximate surface area is 120 Å². The zero-order valence-electron chi connectivity index (χ0n) is 10.9. The molecule has 0 aromatic heterocycles. The van der Waals surface area contributed by atoms with Crippen molar-refractivity contribution in [2.24, 2.45) is 0 Å². The molecule has 110 valence electrons. The molecule has 5 N–H and O–H groups in total. The fourth-order valence-electron chi connectivity index (χ4n) is 2.46. The number of hydrogen-bond donors (Lipinski definition) is 5. The van der Waals surface area contributed by atoms with E-state index in [0.717, 1.165) is 0 Å². The SMILES string of the molecule is Oc1ccc(-c2c(O)cc(O)c3c2OCC(O)C3)cc1O. The summed E-state index contributed by atoms with van der Waals surface area (Å²) in [6.07, 6.45) is -0.521. The number of rotatable bonds is 1. The van der Waals surface area contributed by atoms with Gasteiger partial charge >= 0.3 is 0 Å². The van der Waals surface area contributed by atoms with E-state index in [1.165, 1.54) is 24.3 Å². The maximum Gasteiger partial charge on any atom is 0.158 e. The molecule has 0 radical (unpaired) electrons. The monoisotopic (exact) mass is 290 g/mol. The fourth-order valence-corrected chi connectivity index (χ4v) is 2.46. The average molecular weight is 290 g/mol. The Morgan fingerprint density at radius 3 is 2.38 bits per heavy atom. The second-order valence-corrected chi connectivity index (χ2v) is 4.97. The van der Waals surface area contributed by atoms with Crippen molar-refractivity contribution in [1.82, 2.24) is 0 Å². The Balaban J connectivity index is 2.22. The van der Waals surface area contributed by atoms with E-state index < -0.39 is 6.10 Å². The molecular weight excluding hydrogens is 276 g/mol. The van der Waals surface area contributed by atoms with Gasteiger partial charge in [-0.25, -0.2) is 0 Å². The molecule has 2 aromatic carbocycles. The van der Waals surface area contributed by atoms with Crippen molar-refractivity contribution in [3.8, 4) is 39.9 Å². The molecule has 0 fully saturated rings. The van der Waals surface area contributed by atoms with Crippen LogP contribution in [-0.4, -0.2) is 38.2 Å². The van der Waals surface area contributed by atoms with Crippen LogP contribution in [0.1, 0.15) is 5.56 Å². The van der Waals surface area contributed by atoms with Gasteiger partial charge in [0, 0.05) is 18.1 Å². The molecule has 0 saturated carbocycles. The van der Waals surface area contributed by atoms with Gasteiger partial charge in [-0.15, -0.1) is 0 Å². The molecule has 1 aliphatic heterocycles. The summed E-state index contributed by atoms with van der Waals surface area (Å²) in [5, 5.41) is 48.5. The van der Waals surface area contributed by atoms with E-state index in [1.807, 2.05) is 0 Å². The minimum absolute atomic E-state index is 0.0486. The van der Waals surface area contributed by atoms with Gasteiger partial charge in [0.15, 0.2) is 11.5 Å². The summed E-state index contributed by atoms with van der Waals surface area (Å²) in [4.78, 5) is 0. The van der Waals surface area contributed by atoms with Crippen LogP contribution in [0.2, 0.25) is 0 Å². The fraction of sp³-hybridized carbons (Fsp3) is 0.200. The van der Waals surface area contributed by atoms with Crippen LogP contribution >= 0.6 is 0 Å². The van der Waals surface area contributed by atoms with Crippen LogP contribution in [0.4, 0.5) is 0 Å². The maximum atomic E-state index is 10.1. The first-order valence-electron chi connectivity index (χ1n) is 6.38. The van der Waals surface area contributed by atoms with Crippen molar-refractivity contribution in [2.45, 2.75) is 12.5 Å². The highest BCUT2D eigenvalue weighted by atomic mass is 16.5. The van der Waals surface area contributed by atoms with E-state index in [-0.39, 0.29) is 41.8 Å². The number of aliphatic hydroxyl groups excluding tert-OH is 1. The molecule has 6 nitrogen and oxygen atoms in total. The zero-order valence-corrected chi connectivity index (χ0v) is 10.9. The van der Waals surface area contributed by atoms with E-state index in [1.54, 1.807) is 0 Å². The Morgan fingerprint density at radius 1 is 0.905 bits per heavy atom. The van der Waals surface area contributed by atoms with Gasteiger partial charge < -0.3 is 30.3 Å². The quantitative estimate of drug-likeness (QED) is 0.509. The first kappa shape index (κ1) is 13.4. The smallest absolute Gasteiger partial charge is 0.158 e. The number of hydrogen-bond acceptors (Lipinski definition) is 6. The topological polar surface area (TPSA) is 110 Å². The number of phenolic OH excluding ortho intramolecular Hbond substituents is 4. The average Bonchev–Trinajstić information content (AvgIpc) is 2.43. The summed E-state index contributed by atoms with van der Waals surface area (Å²) in [6.45, 7) is 0.0486. The normalized spacial score (nSPS) is 17.1. The van der Waals surface area contributed by atoms with E-state index >= 15 is 0 Å². The Morgan fingerprint density at radius 2 is 1.67 bits per heavy atom. The van der Waals surface area contributed by atoms with Crippen molar-refractivity contribution in [3.05, 3.63) is 29.8 Å². The molecule has 0 amide bonds. The molecule has 0 bridgehead atoms. The minimum Gasteiger partial charge on any atom is -0.507 e. The first-order chi connectivity index (χ1) is 9.97. The predicted molar refractivity (Wildman–Crippen MR) is 73.7 cm³/mol. The van der Waals surface area contributed by atoms with Crippen LogP contribution in [0.5, 0.6) is 28.7 Å². The highest BCUT2D eigenvalue weighted by Crippen LogP contribution is 2.47. The van der Waals surface area contributed by atoms with Crippen LogP contribution in [0.15, 0.2) is 24.3 Å². The van der Waals surface area contributed by atoms with Gasteiger partial charge in [0.1, 0.15) is 23.9 Å². The standard InChI is InChI=1S/C15H14O6/c16-8-4-9-11(18)5-13(20)14(15(9)21-6-8)7-1-2-10(17)12(19)3-7/h1-3,5,8,16-20H,4,6H2. The number of benzene rings is 2. The van der Waals surface area contributed by atoms with Gasteiger partial charge in [0.25, 0.3) is 0 Å². The lowest BCUT2D eigenvalue weighted by Gasteiger charge is -2.25. The summed E-state index contributed by atoms with van der Waals surface area (Å²) >= 11 is 0. The molecule has 3 rings (SSSR count). The number of aliphatic hydroxyl groups is 1. The van der Waals surface area contributed by atoms with Crippen molar-refractivity contribution in [1.29, 1.82) is 0 Å². The largest absolute Gasteiger partial charge is 0.507 e. The summed E-state index contributed by atoms with van der Waals surface area (Å²) in [5.74, 6) is -0.713. The summed E-state index contributed by atoms with van der Waals surface area (Å²) < 4.78 is 5.44. The third-order valence-electron chi connectivity index (χ3n) is 3.46. The molecular formula is C15H14O6. The van der Waals surface area contributed by atoms with Gasteiger partial charge in [-0.2, -0.15) is 0 Å². The van der Waals surface area contributed by atoms with Crippen LogP contribution in [0.25, 0.3) is 11.1 Å². The van der Waals surface area contributed by atoms with Crippen molar-refractivity contribution >= 4 is 0 Å². The second-order valence-electron chi connectivity index (χ2n) is 4.97. The maximum absolute atomic E-state index is 10.1. The van der Waals surface area contributed by atoms with Gasteiger partial charge in [0.05, 0.1) is 11.7 Å². The molecule has 1 unspecified atom stereocenters. The molecule has 1 aliphatic rings. The molecule has 1 heterocycles. The van der Waals surface area contributed by atoms with Gasteiger partial charge in [-0.05, 0) is 17.7 Å². The van der Waals surface area contributed by atoms with Crippen LogP contribution in [0.3, 0.4) is 0 Å². The number of phenols is 4. The first-order valence-corrected chi connectivity index (χ1v) is 6.38. The van der Waals surface area contributed by atoms with Crippen LogP contribution in [-0.2, 0) is 6.42 Å². The summed E-state index contributed by atoms with van der Waals surface area (Å²) in [5.41, 5.74) is 1.12. The zero-order chi connectivity index (χ0) is 15.1. The lowest BCUT2D eigenvalue weighted by atomic mass is 9.94. The lowest BCUT2D eigenvalue weighted by Crippen LogP contribution is -2.25. The van der Waals surface area contributed by atoms with E-state index in [4.69, 9.17) is 4.74 Å². The molecule has 0 aliphatic carbocycles. The molecule has 21 heavy (non-hydrogen) atoms. The van der Waals surface area contributed by atoms with Crippen LogP contribution in [0, 0.1) is 0 Å². The van der Waals surface area contributed by atoms with Crippen molar-refractivity contribution < 1.29 is 30.3 Å². The van der Waals surface area contributed by atoms with E-state index in [9.17, 15) is 25.5 Å². The van der Waals surface area contributed by atoms with Crippen molar-refractivity contribution in [3.63, 3.8) is 0 Å². The third-order valence-corrected chi connectivity index (χ3v) is 3.46. The number of fused-ring (bicyclic) bond motifs is 1. The van der Waals surface area contributed by atoms with E-state index in [2.05, 4.69) is 0 Å². The predicted octanol–water partition coefficient (Wildman–Crippen LogP) is 1.47. The Bertz CT molecular complexity index is 710. The summed E-state index contributed by atoms with van der Waals surface area (Å²) in [7, 11) is 0. The number of ether oxygens (including phenoxy) is 1. The highest BCUT2D eigenvalue weighted by Gasteiger charge is 2.27. The van der Waals surface area contributed by atoms with Gasteiger partial charge in [-0.1, -0.05) is 6.07 Å². The second kappa shape index (κ2) is 4.75. The van der Waals surface area contributed by atoms with Crippen molar-refractivity contribution in [2.75, 3.05) is 6.61 Å². The molecule has 6 heteroatoms. The Kier molecular flexibility index (Phi) is 3.03. The molecule has 0 saturated heterocycles. The van der Waals surface area contributed by atoms with E-state index in [0.29, 0.717) is 16.7 Å². The number of aromatic hydroxyl groups is 4. The minimum atomic E-state index is -0.728. The highest BCUT2D eigenvalue weighted by molar-refractivity contribution is 5.81. The van der Waals surface area contributed by atoms with Gasteiger partial charge in [0.2, 0.25) is 0 Å². The molecule has 2 aromatic rings. The third kappa shape index (κ3) is 2.19.